The van der Waals surface area contributed by atoms with Crippen LogP contribution in [0, 0.1) is 13.8 Å². The summed E-state index contributed by atoms with van der Waals surface area (Å²) in [6.07, 6.45) is 12.3. The van der Waals surface area contributed by atoms with Crippen LogP contribution in [0.3, 0.4) is 0 Å². The molecule has 137 heavy (non-hydrogen) atoms. The number of carbonyl (C=O) groups excluding carboxylic acids is 5. The van der Waals surface area contributed by atoms with Crippen LogP contribution in [0.1, 0.15) is 254 Å². The molecule has 11 rings (SSSR count). The Labute approximate surface area is 825 Å². The van der Waals surface area contributed by atoms with Crippen molar-refractivity contribution < 1.29 is 47.7 Å². The Hall–Kier alpha value is -12.9. The van der Waals surface area contributed by atoms with Crippen molar-refractivity contribution in [2.45, 2.75) is 262 Å². The summed E-state index contributed by atoms with van der Waals surface area (Å²) in [6.45, 7) is 50.4. The minimum Gasteiger partial charge on any atom is -0.460 e. The number of nitrogens with one attached hydrogen (secondary N) is 3. The van der Waals surface area contributed by atoms with Crippen LogP contribution in [-0.4, -0.2) is 129 Å². The summed E-state index contributed by atoms with van der Waals surface area (Å²) in [5, 5.41) is 15.1. The normalized spacial score (nSPS) is 16.4. The Morgan fingerprint density at radius 3 is 1.13 bits per heavy atom. The SMILES string of the molecule is C=C(NC(=O)OC(C)(C)C)n1nc(C)cc1C.CC(=CCCl)c1ccccc1.CC(=CCN)c1ccccc1.CC(=CCN=C(NC(=O)OC(C)(C)C)NC(=O)OC(C)(C)C)c1ccccc1.CC(=CCN=[N+]=[N-])c1ccccc1.CC(C)(C)OC(=O)CC1=NC(C)(c2ccccc2)CCN1C(=O)OC(C)(C)C.CC1(c2ccccc2)CCCC(N)=N1.CC1(c2ccccc2)CCCC(N)=N1.Cl. The number of halogens is 2. The lowest BCUT2D eigenvalue weighted by atomic mass is 9.85. The molecule has 4 heterocycles. The number of rotatable bonds is 17. The molecule has 1 aromatic heterocycles. The van der Waals surface area contributed by atoms with Crippen molar-refractivity contribution >= 4 is 106 Å². The van der Waals surface area contributed by atoms with Gasteiger partial charge in [0.25, 0.3) is 0 Å². The maximum absolute atomic E-state index is 12.7. The lowest BCUT2D eigenvalue weighted by Gasteiger charge is -2.38. The predicted octanol–water partition coefficient (Wildman–Crippen LogP) is 25.7. The molecule has 3 atom stereocenters. The van der Waals surface area contributed by atoms with E-state index in [2.05, 4.69) is 153 Å². The summed E-state index contributed by atoms with van der Waals surface area (Å²) in [5.41, 5.74) is 36.0. The average Bonchev–Trinajstić information content (AvgIpc) is 1.47. The van der Waals surface area contributed by atoms with E-state index in [9.17, 15) is 24.0 Å². The quantitative estimate of drug-likeness (QED) is 0.00721. The highest BCUT2D eigenvalue weighted by Gasteiger charge is 2.39. The van der Waals surface area contributed by atoms with E-state index >= 15 is 0 Å². The van der Waals surface area contributed by atoms with Gasteiger partial charge >= 0.3 is 30.3 Å². The number of esters is 1. The third kappa shape index (κ3) is 47.9. The molecule has 8 aromatic rings. The van der Waals surface area contributed by atoms with E-state index in [1.165, 1.54) is 38.3 Å². The van der Waals surface area contributed by atoms with Crippen LogP contribution in [0.4, 0.5) is 19.2 Å². The Bertz CT molecular complexity index is 5220. The van der Waals surface area contributed by atoms with Gasteiger partial charge in [0.2, 0.25) is 5.96 Å². The molecule has 7 aromatic carbocycles. The van der Waals surface area contributed by atoms with E-state index < -0.39 is 63.9 Å². The minimum absolute atomic E-state index is 0. The van der Waals surface area contributed by atoms with Crippen molar-refractivity contribution in [1.82, 2.24) is 30.6 Å². The number of alkyl halides is 1. The number of nitrogens with zero attached hydrogens (tertiary/aromatic N) is 10. The summed E-state index contributed by atoms with van der Waals surface area (Å²) in [4.78, 5) is 83.1. The van der Waals surface area contributed by atoms with Crippen LogP contribution >= 0.6 is 24.0 Å². The van der Waals surface area contributed by atoms with E-state index in [4.69, 9.17) is 63.0 Å². The highest BCUT2D eigenvalue weighted by Crippen LogP contribution is 2.37. The first-order chi connectivity index (χ1) is 63.8. The number of ether oxygens (including phenoxy) is 5. The molecule has 4 amide bonds. The molecule has 3 aliphatic heterocycles. The molecule has 0 saturated heterocycles. The first kappa shape index (κ1) is 118. The number of hydrogen-bond acceptors (Lipinski definition) is 19. The first-order valence-corrected chi connectivity index (χ1v) is 46.4. The number of carbonyl (C=O) groups is 5. The molecule has 3 unspecified atom stereocenters. The van der Waals surface area contributed by atoms with Gasteiger partial charge in [0, 0.05) is 49.0 Å². The maximum Gasteiger partial charge on any atom is 0.415 e. The molecular formula is C109H150Cl2N16O10. The molecule has 0 bridgehead atoms. The topological polar surface area (TPSA) is 365 Å². The minimum atomic E-state index is -0.717. The van der Waals surface area contributed by atoms with Crippen molar-refractivity contribution in [3.05, 3.63) is 310 Å². The van der Waals surface area contributed by atoms with Crippen molar-refractivity contribution in [2.75, 3.05) is 32.1 Å². The van der Waals surface area contributed by atoms with Crippen molar-refractivity contribution in [1.29, 1.82) is 0 Å². The Morgan fingerprint density at radius 2 is 0.810 bits per heavy atom. The van der Waals surface area contributed by atoms with Crippen molar-refractivity contribution in [3.63, 3.8) is 0 Å². The molecule has 0 fully saturated rings. The zero-order valence-corrected chi connectivity index (χ0v) is 86.6. The maximum atomic E-state index is 12.7. The number of nitrogens with two attached hydrogens (primary N) is 3. The van der Waals surface area contributed by atoms with Gasteiger partial charge < -0.3 is 40.9 Å². The van der Waals surface area contributed by atoms with Gasteiger partial charge in [-0.1, -0.05) is 248 Å². The van der Waals surface area contributed by atoms with Gasteiger partial charge in [-0.3, -0.25) is 40.6 Å². The van der Waals surface area contributed by atoms with Crippen LogP contribution in [0.15, 0.2) is 274 Å². The van der Waals surface area contributed by atoms with Crippen LogP contribution in [0.25, 0.3) is 38.6 Å². The molecule has 3 aliphatic rings. The summed E-state index contributed by atoms with van der Waals surface area (Å²) in [6, 6.07) is 72.9. The second kappa shape index (κ2) is 57.9. The predicted molar refractivity (Wildman–Crippen MR) is 567 cm³/mol. The molecule has 28 heteroatoms. The van der Waals surface area contributed by atoms with Crippen molar-refractivity contribution in [3.8, 4) is 0 Å². The average molecular weight is 1920 g/mol. The largest absolute Gasteiger partial charge is 0.460 e. The molecule has 0 spiro atoms. The zero-order valence-electron chi connectivity index (χ0n) is 85.1. The van der Waals surface area contributed by atoms with Gasteiger partial charge in [-0.15, -0.1) is 24.0 Å². The number of aliphatic imine (C=N–C) groups is 4. The molecule has 0 saturated carbocycles. The van der Waals surface area contributed by atoms with Crippen LogP contribution in [0.2, 0.25) is 0 Å². The van der Waals surface area contributed by atoms with Crippen LogP contribution in [-0.2, 0) is 45.1 Å². The third-order valence-corrected chi connectivity index (χ3v) is 20.2. The Morgan fingerprint density at radius 1 is 0.482 bits per heavy atom. The second-order valence-corrected chi connectivity index (χ2v) is 38.5. The van der Waals surface area contributed by atoms with E-state index in [0.717, 1.165) is 89.4 Å². The molecule has 9 N–H and O–H groups in total. The third-order valence-electron chi connectivity index (χ3n) is 20.1. The Kier molecular flexibility index (Phi) is 50.0. The summed E-state index contributed by atoms with van der Waals surface area (Å²) < 4.78 is 28.1. The Balaban J connectivity index is 0.000000413. The number of alkyl carbamates (subject to hydrolysis) is 3. The smallest absolute Gasteiger partial charge is 0.415 e. The number of aryl methyl sites for hydroxylation is 2. The van der Waals surface area contributed by atoms with Gasteiger partial charge in [0.1, 0.15) is 46.1 Å². The fraction of sp³-hybridized carbons (Fsp3) is 0.413. The molecule has 0 aliphatic carbocycles. The summed E-state index contributed by atoms with van der Waals surface area (Å²) in [5.74, 6) is 2.47. The molecule has 0 radical (unpaired) electrons. The highest BCUT2D eigenvalue weighted by molar-refractivity contribution is 6.19. The number of benzene rings is 7. The number of amidine groups is 3. The summed E-state index contributed by atoms with van der Waals surface area (Å²) >= 11 is 5.57. The molecule has 26 nitrogen and oxygen atoms in total. The van der Waals surface area contributed by atoms with E-state index in [0.29, 0.717) is 43.6 Å². The van der Waals surface area contributed by atoms with Gasteiger partial charge in [-0.05, 0) is 271 Å². The van der Waals surface area contributed by atoms with Crippen LogP contribution in [0.5, 0.6) is 0 Å². The highest BCUT2D eigenvalue weighted by atomic mass is 35.5. The lowest BCUT2D eigenvalue weighted by molar-refractivity contribution is -0.153. The van der Waals surface area contributed by atoms with Gasteiger partial charge in [-0.25, -0.2) is 28.9 Å². The zero-order chi connectivity index (χ0) is 102. The number of guanidine groups is 1. The van der Waals surface area contributed by atoms with Gasteiger partial charge in [-0.2, -0.15) is 5.10 Å². The summed E-state index contributed by atoms with van der Waals surface area (Å²) in [7, 11) is 0. The second-order valence-electron chi connectivity index (χ2n) is 38.2. The number of amides is 4. The van der Waals surface area contributed by atoms with Crippen molar-refractivity contribution in [2.24, 2.45) is 42.3 Å². The number of allylic oxidation sites excluding steroid dienone is 5. The fourth-order valence-corrected chi connectivity index (χ4v) is 13.7. The number of aromatic nitrogens is 2. The van der Waals surface area contributed by atoms with E-state index in [1.807, 2.05) is 246 Å². The van der Waals surface area contributed by atoms with Gasteiger partial charge in [0.05, 0.1) is 40.5 Å². The van der Waals surface area contributed by atoms with Crippen LogP contribution < -0.4 is 33.2 Å². The van der Waals surface area contributed by atoms with Gasteiger partial charge in [0.15, 0.2) is 0 Å². The number of hydrogen-bond donors (Lipinski definition) is 6. The molecule has 740 valence electrons. The lowest BCUT2D eigenvalue weighted by Crippen LogP contribution is -2.48. The number of azide groups is 1. The first-order valence-electron chi connectivity index (χ1n) is 45.9. The van der Waals surface area contributed by atoms with E-state index in [-0.39, 0.29) is 42.4 Å². The fourth-order valence-electron chi connectivity index (χ4n) is 13.5. The standard InChI is InChI=1S/C22H32N2O4.C21H31N3O4.C12H19N3O2.2C12H16N2.C10H11Cl.C10H11N3.C10H13N.ClH/c1-20(2,3)27-18(25)15-17-23-22(7,16-11-9-8-10-12-16)13-14-24(17)19(26)28-21(4,5)6;1-15(16-11-9-8-10-12-16)13-14-22-17(23-18(25)27-20(2,3)4)24-19(26)28-21(5,6)7;1-8-7-9(2)15(14-8)10(3)13-11(16)17-12(4,5)6;2*1-12(9-5-8-11(13)14-12)10-6-3-2-4-7-10;1-9(7-8-11)10-5-3-2-4-6-10;1-9(7-8-12-13-11)10-5-3-2-4-6-10;1-9(7-8-11)10-5-3-2-4-6-10;/h8-12H,13-15H2,1-7H3;8-13H,14H2,1-7H3,(H2,22,23,24,25,26);7H,3H2,1-2,4-6H3,(H,13,16);2*2-4,6-7H,5,8-9H2,1H3,(H2,13,14);2-7H,8H2,1H3;2-7H,8H2,1H3;2-7H,8,11H2,1H3;1H. The van der Waals surface area contributed by atoms with E-state index in [1.54, 1.807) is 67.0 Å². The monoisotopic (exact) mass is 1910 g/mol. The molecular weight excluding hydrogens is 1760 g/mol.